The van der Waals surface area contributed by atoms with Gasteiger partial charge in [-0.1, -0.05) is 31.5 Å². The van der Waals surface area contributed by atoms with Crippen molar-refractivity contribution in [3.05, 3.63) is 33.3 Å². The highest BCUT2D eigenvalue weighted by molar-refractivity contribution is 9.10. The van der Waals surface area contributed by atoms with Crippen molar-refractivity contribution in [2.24, 2.45) is 11.8 Å². The summed E-state index contributed by atoms with van der Waals surface area (Å²) >= 11 is 9.40. The molecule has 1 aromatic carbocycles. The molecule has 4 heteroatoms. The van der Waals surface area contributed by atoms with Gasteiger partial charge in [-0.3, -0.25) is 11.3 Å². The Balaban J connectivity index is 2.87. The molecule has 2 nitrogen and oxygen atoms in total. The summed E-state index contributed by atoms with van der Waals surface area (Å²) in [6.45, 7) is 4.34. The van der Waals surface area contributed by atoms with E-state index >= 15 is 0 Å². The van der Waals surface area contributed by atoms with Gasteiger partial charge in [-0.15, -0.1) is 0 Å². The molecule has 0 saturated heterocycles. The van der Waals surface area contributed by atoms with Gasteiger partial charge in [-0.05, 0) is 46.0 Å². The molecule has 0 aliphatic heterocycles. The highest BCUT2D eigenvalue weighted by atomic mass is 79.9. The fourth-order valence-electron chi connectivity index (χ4n) is 1.50. The second-order valence-electron chi connectivity index (χ2n) is 4.02. The van der Waals surface area contributed by atoms with Crippen LogP contribution in [0.1, 0.15) is 31.9 Å². The predicted molar refractivity (Wildman–Crippen MR) is 68.7 cm³/mol. The van der Waals surface area contributed by atoms with Crippen LogP contribution >= 0.6 is 27.5 Å². The smallest absolute Gasteiger partial charge is 0.0551 e. The Kier molecular flexibility index (Phi) is 5.06. The van der Waals surface area contributed by atoms with Gasteiger partial charge >= 0.3 is 0 Å². The lowest BCUT2D eigenvalue weighted by atomic mass is 9.98. The molecule has 1 atom stereocenters. The Labute approximate surface area is 104 Å². The standard InChI is InChI=1S/C11H16BrClN2/c1-7(2)5-11(15-14)8-3-4-9(12)10(13)6-8/h3-4,6-7,11,15H,5,14H2,1-2H3. The molecular weight excluding hydrogens is 275 g/mol. The molecular formula is C11H16BrClN2. The molecule has 1 aromatic rings. The lowest BCUT2D eigenvalue weighted by Crippen LogP contribution is -2.29. The molecule has 0 heterocycles. The number of rotatable bonds is 4. The first-order valence-electron chi connectivity index (χ1n) is 4.95. The van der Waals surface area contributed by atoms with Crippen LogP contribution in [0.3, 0.4) is 0 Å². The number of hydrogen-bond donors (Lipinski definition) is 2. The summed E-state index contributed by atoms with van der Waals surface area (Å²) < 4.78 is 0.910. The predicted octanol–water partition coefficient (Wildman–Crippen LogP) is 3.65. The van der Waals surface area contributed by atoms with Crippen LogP contribution in [0.4, 0.5) is 0 Å². The largest absolute Gasteiger partial charge is 0.271 e. The zero-order valence-corrected chi connectivity index (χ0v) is 11.3. The van der Waals surface area contributed by atoms with Gasteiger partial charge in [0.15, 0.2) is 0 Å². The summed E-state index contributed by atoms with van der Waals surface area (Å²) in [6, 6.07) is 6.08. The average molecular weight is 292 g/mol. The van der Waals surface area contributed by atoms with E-state index in [2.05, 4.69) is 35.2 Å². The van der Waals surface area contributed by atoms with E-state index in [0.717, 1.165) is 21.5 Å². The van der Waals surface area contributed by atoms with Crippen LogP contribution in [-0.4, -0.2) is 0 Å². The summed E-state index contributed by atoms with van der Waals surface area (Å²) in [5, 5.41) is 0.719. The third kappa shape index (κ3) is 3.76. The minimum absolute atomic E-state index is 0.163. The molecule has 1 unspecified atom stereocenters. The third-order valence-corrected chi connectivity index (χ3v) is 3.49. The van der Waals surface area contributed by atoms with E-state index in [0.29, 0.717) is 5.92 Å². The second-order valence-corrected chi connectivity index (χ2v) is 5.28. The van der Waals surface area contributed by atoms with Crippen LogP contribution in [0.25, 0.3) is 0 Å². The van der Waals surface area contributed by atoms with Crippen molar-refractivity contribution < 1.29 is 0 Å². The van der Waals surface area contributed by atoms with Crippen LogP contribution in [0.5, 0.6) is 0 Å². The molecule has 3 N–H and O–H groups in total. The van der Waals surface area contributed by atoms with Crippen molar-refractivity contribution in [2.45, 2.75) is 26.3 Å². The van der Waals surface area contributed by atoms with E-state index < -0.39 is 0 Å². The summed E-state index contributed by atoms with van der Waals surface area (Å²) in [5.74, 6) is 6.13. The SMILES string of the molecule is CC(C)CC(NN)c1ccc(Br)c(Cl)c1. The van der Waals surface area contributed by atoms with Gasteiger partial charge in [0, 0.05) is 10.5 Å². The summed E-state index contributed by atoms with van der Waals surface area (Å²) in [5.41, 5.74) is 3.95. The Morgan fingerprint density at radius 2 is 2.13 bits per heavy atom. The van der Waals surface area contributed by atoms with Crippen molar-refractivity contribution in [2.75, 3.05) is 0 Å². The monoisotopic (exact) mass is 290 g/mol. The minimum atomic E-state index is 0.163. The maximum atomic E-state index is 6.04. The average Bonchev–Trinajstić information content (AvgIpc) is 2.18. The summed E-state index contributed by atoms with van der Waals surface area (Å²) in [7, 11) is 0. The molecule has 15 heavy (non-hydrogen) atoms. The number of hydrogen-bond acceptors (Lipinski definition) is 2. The van der Waals surface area contributed by atoms with Gasteiger partial charge in [0.1, 0.15) is 0 Å². The van der Waals surface area contributed by atoms with Crippen LogP contribution in [-0.2, 0) is 0 Å². The third-order valence-electron chi connectivity index (χ3n) is 2.25. The van der Waals surface area contributed by atoms with Gasteiger partial charge in [0.05, 0.1) is 5.02 Å². The van der Waals surface area contributed by atoms with Gasteiger partial charge in [-0.2, -0.15) is 0 Å². The fourth-order valence-corrected chi connectivity index (χ4v) is 1.94. The molecule has 84 valence electrons. The Hall–Kier alpha value is -0.0900. The molecule has 0 aromatic heterocycles. The number of nitrogens with two attached hydrogens (primary N) is 1. The van der Waals surface area contributed by atoms with Crippen LogP contribution < -0.4 is 11.3 Å². The van der Waals surface area contributed by atoms with Crippen molar-refractivity contribution in [1.29, 1.82) is 0 Å². The molecule has 0 bridgehead atoms. The van der Waals surface area contributed by atoms with E-state index in [1.165, 1.54) is 0 Å². The number of benzene rings is 1. The molecule has 1 rings (SSSR count). The van der Waals surface area contributed by atoms with E-state index in [1.54, 1.807) is 0 Å². The molecule has 0 spiro atoms. The summed E-state index contributed by atoms with van der Waals surface area (Å²) in [4.78, 5) is 0. The number of halogens is 2. The van der Waals surface area contributed by atoms with Crippen molar-refractivity contribution in [3.8, 4) is 0 Å². The topological polar surface area (TPSA) is 38.0 Å². The normalized spacial score (nSPS) is 13.2. The van der Waals surface area contributed by atoms with Crippen LogP contribution in [0.2, 0.25) is 5.02 Å². The Morgan fingerprint density at radius 3 is 2.60 bits per heavy atom. The Morgan fingerprint density at radius 1 is 1.47 bits per heavy atom. The van der Waals surface area contributed by atoms with Gasteiger partial charge < -0.3 is 0 Å². The minimum Gasteiger partial charge on any atom is -0.271 e. The van der Waals surface area contributed by atoms with E-state index in [4.69, 9.17) is 17.4 Å². The lowest BCUT2D eigenvalue weighted by molar-refractivity contribution is 0.438. The molecule has 0 aliphatic rings. The van der Waals surface area contributed by atoms with Crippen LogP contribution in [0, 0.1) is 5.92 Å². The van der Waals surface area contributed by atoms with Crippen molar-refractivity contribution in [3.63, 3.8) is 0 Å². The van der Waals surface area contributed by atoms with Crippen molar-refractivity contribution in [1.82, 2.24) is 5.43 Å². The van der Waals surface area contributed by atoms with Crippen molar-refractivity contribution >= 4 is 27.5 Å². The van der Waals surface area contributed by atoms with E-state index in [-0.39, 0.29) is 6.04 Å². The summed E-state index contributed by atoms with van der Waals surface area (Å²) in [6.07, 6.45) is 0.995. The number of hydrazine groups is 1. The Bertz CT molecular complexity index is 328. The maximum absolute atomic E-state index is 6.04. The van der Waals surface area contributed by atoms with Crippen LogP contribution in [0.15, 0.2) is 22.7 Å². The zero-order valence-electron chi connectivity index (χ0n) is 8.93. The first-order valence-corrected chi connectivity index (χ1v) is 6.12. The van der Waals surface area contributed by atoms with Gasteiger partial charge in [0.25, 0.3) is 0 Å². The van der Waals surface area contributed by atoms with Gasteiger partial charge in [0.2, 0.25) is 0 Å². The first-order chi connectivity index (χ1) is 7.04. The second kappa shape index (κ2) is 5.85. The molecule has 0 radical (unpaired) electrons. The first kappa shape index (κ1) is 13.0. The van der Waals surface area contributed by atoms with E-state index in [9.17, 15) is 0 Å². The quantitative estimate of drug-likeness (QED) is 0.656. The lowest BCUT2D eigenvalue weighted by Gasteiger charge is -2.18. The zero-order chi connectivity index (χ0) is 11.4. The molecule has 0 aliphatic carbocycles. The maximum Gasteiger partial charge on any atom is 0.0551 e. The van der Waals surface area contributed by atoms with E-state index in [1.807, 2.05) is 18.2 Å². The highest BCUT2D eigenvalue weighted by Gasteiger charge is 2.12. The van der Waals surface area contributed by atoms with Gasteiger partial charge in [-0.25, -0.2) is 0 Å². The molecule has 0 amide bonds. The molecule has 0 saturated carbocycles. The fraction of sp³-hybridized carbons (Fsp3) is 0.455. The highest BCUT2D eigenvalue weighted by Crippen LogP contribution is 2.28. The molecule has 0 fully saturated rings. The number of nitrogens with one attached hydrogen (secondary N) is 1.